The molecule has 1 aliphatic heterocycles. The predicted molar refractivity (Wildman–Crippen MR) is 78.1 cm³/mol. The van der Waals surface area contributed by atoms with Crippen LogP contribution in [0, 0.1) is 5.82 Å². The summed E-state index contributed by atoms with van der Waals surface area (Å²) >= 11 is 1.39. The third-order valence-electron chi connectivity index (χ3n) is 2.52. The van der Waals surface area contributed by atoms with Crippen LogP contribution in [0.5, 0.6) is 11.5 Å². The topological polar surface area (TPSA) is 40.0 Å². The Morgan fingerprint density at radius 1 is 1.55 bits per heavy atom. The van der Waals surface area contributed by atoms with Gasteiger partial charge >= 0.3 is 0 Å². The number of halogens is 1. The van der Waals surface area contributed by atoms with Crippen molar-refractivity contribution in [3.63, 3.8) is 0 Å². The molecule has 1 aromatic carbocycles. The standard InChI is InChI=1S/C14H18FNO3S/c1-4-20-16-8-14(18-10(2)3)9-17-13-11(15)6-5-7-12(13)19-14/h5-8,10H,4,9H2,1-3H3/b16-8+. The molecule has 0 aromatic heterocycles. The molecule has 0 aliphatic carbocycles. The Hall–Kier alpha value is -1.27. The van der Waals surface area contributed by atoms with Gasteiger partial charge in [0.15, 0.2) is 23.9 Å². The van der Waals surface area contributed by atoms with E-state index in [0.717, 1.165) is 5.75 Å². The van der Waals surface area contributed by atoms with Gasteiger partial charge in [0.25, 0.3) is 5.79 Å². The summed E-state index contributed by atoms with van der Waals surface area (Å²) in [5, 5.41) is 0. The summed E-state index contributed by atoms with van der Waals surface area (Å²) in [4.78, 5) is 0. The second-order valence-corrected chi connectivity index (χ2v) is 5.63. The van der Waals surface area contributed by atoms with Crippen molar-refractivity contribution in [3.05, 3.63) is 24.0 Å². The monoisotopic (exact) mass is 299 g/mol. The Balaban J connectivity index is 2.26. The fourth-order valence-corrected chi connectivity index (χ4v) is 2.23. The molecule has 0 N–H and O–H groups in total. The minimum atomic E-state index is -1.11. The molecular formula is C14H18FNO3S. The van der Waals surface area contributed by atoms with Crippen LogP contribution >= 0.6 is 11.9 Å². The number of benzene rings is 1. The number of fused-ring (bicyclic) bond motifs is 1. The van der Waals surface area contributed by atoms with Crippen molar-refractivity contribution in [2.45, 2.75) is 32.7 Å². The highest BCUT2D eigenvalue weighted by Gasteiger charge is 2.39. The van der Waals surface area contributed by atoms with Gasteiger partial charge in [-0.05, 0) is 37.9 Å². The molecule has 0 bridgehead atoms. The summed E-state index contributed by atoms with van der Waals surface area (Å²) in [6.07, 6.45) is 1.50. The molecule has 0 saturated heterocycles. The third-order valence-corrected chi connectivity index (χ3v) is 3.03. The lowest BCUT2D eigenvalue weighted by atomic mass is 10.2. The van der Waals surface area contributed by atoms with E-state index in [-0.39, 0.29) is 18.5 Å². The molecule has 1 unspecified atom stereocenters. The summed E-state index contributed by atoms with van der Waals surface area (Å²) in [5.41, 5.74) is 0. The fourth-order valence-electron chi connectivity index (χ4n) is 1.84. The van der Waals surface area contributed by atoms with Crippen molar-refractivity contribution in [1.29, 1.82) is 0 Å². The maximum atomic E-state index is 13.6. The van der Waals surface area contributed by atoms with Crippen molar-refractivity contribution in [1.82, 2.24) is 0 Å². The fraction of sp³-hybridized carbons (Fsp3) is 0.500. The number of hydrogen-bond acceptors (Lipinski definition) is 5. The van der Waals surface area contributed by atoms with E-state index in [1.807, 2.05) is 20.8 Å². The molecule has 1 aliphatic rings. The second-order valence-electron chi connectivity index (χ2n) is 4.59. The van der Waals surface area contributed by atoms with Gasteiger partial charge < -0.3 is 14.2 Å². The summed E-state index contributed by atoms with van der Waals surface area (Å²) in [6, 6.07) is 4.55. The van der Waals surface area contributed by atoms with Gasteiger partial charge in [-0.2, -0.15) is 0 Å². The highest BCUT2D eigenvalue weighted by atomic mass is 32.2. The number of hydrogen-bond donors (Lipinski definition) is 0. The largest absolute Gasteiger partial charge is 0.479 e. The van der Waals surface area contributed by atoms with Crippen LogP contribution in [0.25, 0.3) is 0 Å². The Morgan fingerprint density at radius 2 is 2.35 bits per heavy atom. The summed E-state index contributed by atoms with van der Waals surface area (Å²) in [7, 11) is 0. The van der Waals surface area contributed by atoms with E-state index in [1.165, 1.54) is 18.0 Å². The average Bonchev–Trinajstić information content (AvgIpc) is 2.38. The first-order valence-corrected chi connectivity index (χ1v) is 7.45. The van der Waals surface area contributed by atoms with Crippen LogP contribution in [-0.4, -0.2) is 30.5 Å². The van der Waals surface area contributed by atoms with Gasteiger partial charge in [-0.1, -0.05) is 13.0 Å². The minimum Gasteiger partial charge on any atom is -0.479 e. The van der Waals surface area contributed by atoms with Crippen LogP contribution in [-0.2, 0) is 4.74 Å². The molecule has 110 valence electrons. The van der Waals surface area contributed by atoms with Gasteiger partial charge in [-0.15, -0.1) is 0 Å². The molecule has 0 fully saturated rings. The number of ether oxygens (including phenoxy) is 3. The van der Waals surface area contributed by atoms with Crippen molar-refractivity contribution < 1.29 is 18.6 Å². The van der Waals surface area contributed by atoms with E-state index in [4.69, 9.17) is 14.2 Å². The zero-order valence-corrected chi connectivity index (χ0v) is 12.6. The van der Waals surface area contributed by atoms with Crippen molar-refractivity contribution in [2.24, 2.45) is 4.40 Å². The summed E-state index contributed by atoms with van der Waals surface area (Å²) in [6.45, 7) is 5.85. The van der Waals surface area contributed by atoms with Crippen LogP contribution < -0.4 is 9.47 Å². The number of rotatable bonds is 5. The van der Waals surface area contributed by atoms with Gasteiger partial charge in [0.05, 0.1) is 12.3 Å². The van der Waals surface area contributed by atoms with E-state index >= 15 is 0 Å². The van der Waals surface area contributed by atoms with Gasteiger partial charge in [0.1, 0.15) is 0 Å². The van der Waals surface area contributed by atoms with Crippen LogP contribution in [0.3, 0.4) is 0 Å². The summed E-state index contributed by atoms with van der Waals surface area (Å²) < 4.78 is 34.9. The first kappa shape index (κ1) is 15.1. The minimum absolute atomic E-state index is 0.0624. The zero-order chi connectivity index (χ0) is 14.6. The molecule has 4 nitrogen and oxygen atoms in total. The highest BCUT2D eigenvalue weighted by Crippen LogP contribution is 2.37. The Labute approximate surface area is 122 Å². The van der Waals surface area contributed by atoms with Gasteiger partial charge in [0.2, 0.25) is 0 Å². The number of nitrogens with zero attached hydrogens (tertiary/aromatic N) is 1. The molecule has 20 heavy (non-hydrogen) atoms. The van der Waals surface area contributed by atoms with Crippen LogP contribution in [0.15, 0.2) is 22.6 Å². The SMILES string of the molecule is CCS/N=C/C1(OC(C)C)COc2c(F)cccc2O1. The Kier molecular flexibility index (Phi) is 4.88. The molecule has 0 saturated carbocycles. The van der Waals surface area contributed by atoms with Crippen molar-refractivity contribution >= 4 is 18.2 Å². The molecule has 1 heterocycles. The predicted octanol–water partition coefficient (Wildman–Crippen LogP) is 3.46. The van der Waals surface area contributed by atoms with Crippen molar-refractivity contribution in [3.8, 4) is 11.5 Å². The molecular weight excluding hydrogens is 281 g/mol. The maximum absolute atomic E-state index is 13.6. The molecule has 1 atom stereocenters. The van der Waals surface area contributed by atoms with Crippen molar-refractivity contribution in [2.75, 3.05) is 12.4 Å². The number of para-hydroxylation sites is 1. The molecule has 0 amide bonds. The van der Waals surface area contributed by atoms with E-state index in [2.05, 4.69) is 4.40 Å². The van der Waals surface area contributed by atoms with Crippen LogP contribution in [0.4, 0.5) is 4.39 Å². The van der Waals surface area contributed by atoms with E-state index in [0.29, 0.717) is 5.75 Å². The molecule has 6 heteroatoms. The normalized spacial score (nSPS) is 21.6. The Morgan fingerprint density at radius 3 is 3.05 bits per heavy atom. The lowest BCUT2D eigenvalue weighted by molar-refractivity contribution is -0.180. The van der Waals surface area contributed by atoms with E-state index in [9.17, 15) is 4.39 Å². The second kappa shape index (κ2) is 6.45. The zero-order valence-electron chi connectivity index (χ0n) is 11.8. The quantitative estimate of drug-likeness (QED) is 0.616. The first-order chi connectivity index (χ1) is 9.56. The molecule has 0 radical (unpaired) electrons. The maximum Gasteiger partial charge on any atom is 0.283 e. The van der Waals surface area contributed by atoms with E-state index in [1.54, 1.807) is 18.3 Å². The molecule has 2 rings (SSSR count). The molecule has 1 aromatic rings. The summed E-state index contributed by atoms with van der Waals surface area (Å²) in [5.74, 6) is -0.269. The van der Waals surface area contributed by atoms with Gasteiger partial charge in [0, 0.05) is 5.75 Å². The Bertz CT molecular complexity index is 495. The highest BCUT2D eigenvalue weighted by molar-refractivity contribution is 7.98. The van der Waals surface area contributed by atoms with Gasteiger partial charge in [-0.3, -0.25) is 0 Å². The third kappa shape index (κ3) is 3.43. The average molecular weight is 299 g/mol. The van der Waals surface area contributed by atoms with Crippen LogP contribution in [0.2, 0.25) is 0 Å². The van der Waals surface area contributed by atoms with E-state index < -0.39 is 11.6 Å². The lowest BCUT2D eigenvalue weighted by Crippen LogP contribution is -2.50. The lowest BCUT2D eigenvalue weighted by Gasteiger charge is -2.36. The molecule has 0 spiro atoms. The van der Waals surface area contributed by atoms with Gasteiger partial charge in [-0.25, -0.2) is 8.79 Å². The first-order valence-electron chi connectivity index (χ1n) is 6.51. The smallest absolute Gasteiger partial charge is 0.283 e. The van der Waals surface area contributed by atoms with Crippen LogP contribution in [0.1, 0.15) is 20.8 Å².